The van der Waals surface area contributed by atoms with E-state index in [2.05, 4.69) is 0 Å². The van der Waals surface area contributed by atoms with Crippen molar-refractivity contribution in [2.45, 2.75) is 12.8 Å². The van der Waals surface area contributed by atoms with Gasteiger partial charge < -0.3 is 10.2 Å². The summed E-state index contributed by atoms with van der Waals surface area (Å²) in [5.41, 5.74) is 0. The lowest BCUT2D eigenvalue weighted by atomic mass is 10.3. The minimum atomic E-state index is -2.36. The fourth-order valence-corrected chi connectivity index (χ4v) is 0.133. The highest BCUT2D eigenvalue weighted by Gasteiger charge is 1.91. The maximum atomic E-state index is 9.88. The molecule has 0 spiro atoms. The average molecular weight is 107 g/mol. The van der Waals surface area contributed by atoms with Crippen LogP contribution in [0.3, 0.4) is 0 Å². The van der Waals surface area contributed by atoms with E-state index >= 15 is 0 Å². The number of hydrogen-bond donors (Lipinski definition) is 2. The second kappa shape index (κ2) is 3.61. The molecule has 0 aliphatic carbocycles. The summed E-state index contributed by atoms with van der Waals surface area (Å²) in [6.45, 7) is -2.00. The molecule has 1 atom stereocenters. The maximum Gasteiger partial charge on any atom is 0.303 e. The van der Waals surface area contributed by atoms with E-state index < -0.39 is 25.3 Å². The quantitative estimate of drug-likeness (QED) is 0.527. The molecule has 0 fully saturated rings. The lowest BCUT2D eigenvalue weighted by Crippen LogP contribution is -1.95. The molecule has 0 aromatic rings. The minimum Gasteiger partial charge on any atom is -0.481 e. The molecular weight excluding hydrogens is 96.0 g/mol. The first kappa shape index (κ1) is 2.67. The Kier molecular flexibility index (Phi) is 1.38. The first-order valence-electron chi connectivity index (χ1n) is 3.26. The molecular formula is C4H8O3. The van der Waals surface area contributed by atoms with Gasteiger partial charge in [0.2, 0.25) is 0 Å². The van der Waals surface area contributed by atoms with Crippen LogP contribution in [0.2, 0.25) is 0 Å². The van der Waals surface area contributed by atoms with Crippen molar-refractivity contribution in [2.75, 3.05) is 6.58 Å². The van der Waals surface area contributed by atoms with Crippen molar-refractivity contribution >= 4 is 5.97 Å². The van der Waals surface area contributed by atoms with Gasteiger partial charge in [-0.2, -0.15) is 0 Å². The lowest BCUT2D eigenvalue weighted by Gasteiger charge is -1.85. The third-order valence-electron chi connectivity index (χ3n) is 0.345. The van der Waals surface area contributed by atoms with Crippen molar-refractivity contribution in [2.24, 2.45) is 0 Å². The summed E-state index contributed by atoms with van der Waals surface area (Å²) in [5.74, 6) is -1.36. The number of carboxylic acids is 1. The fourth-order valence-electron chi connectivity index (χ4n) is 0.133. The van der Waals surface area contributed by atoms with Crippen molar-refractivity contribution in [3.63, 3.8) is 0 Å². The molecule has 3 nitrogen and oxygen atoms in total. The molecule has 0 amide bonds. The van der Waals surface area contributed by atoms with Gasteiger partial charge in [0.1, 0.15) is 0 Å². The molecule has 0 saturated carbocycles. The monoisotopic (exact) mass is 107 g/mol. The third-order valence-corrected chi connectivity index (χ3v) is 0.345. The molecule has 0 aliphatic rings. The molecule has 0 aromatic heterocycles. The van der Waals surface area contributed by atoms with E-state index in [4.69, 9.17) is 14.3 Å². The summed E-state index contributed by atoms with van der Waals surface area (Å²) >= 11 is 0. The Bertz CT molecular complexity index is 134. The van der Waals surface area contributed by atoms with Crippen LogP contribution >= 0.6 is 0 Å². The first-order valence-corrected chi connectivity index (χ1v) is 1.68. The van der Waals surface area contributed by atoms with Gasteiger partial charge in [0.15, 0.2) is 0 Å². The Hall–Kier alpha value is -0.570. The van der Waals surface area contributed by atoms with E-state index in [0.29, 0.717) is 0 Å². The summed E-state index contributed by atoms with van der Waals surface area (Å²) in [6.07, 6.45) is -3.20. The predicted molar refractivity (Wildman–Crippen MR) is 24.0 cm³/mol. The molecule has 0 saturated heterocycles. The molecule has 1 unspecified atom stereocenters. The molecule has 0 rings (SSSR count). The third kappa shape index (κ3) is 5.43. The van der Waals surface area contributed by atoms with Crippen LogP contribution in [-0.2, 0) is 4.79 Å². The van der Waals surface area contributed by atoms with Crippen molar-refractivity contribution in [1.82, 2.24) is 0 Å². The normalized spacial score (nSPS) is 21.6. The molecule has 7 heavy (non-hydrogen) atoms. The van der Waals surface area contributed by atoms with Crippen molar-refractivity contribution in [3.05, 3.63) is 0 Å². The second-order valence-electron chi connectivity index (χ2n) is 0.904. The summed E-state index contributed by atoms with van der Waals surface area (Å²) in [5, 5.41) is 16.4. The molecule has 0 heterocycles. The van der Waals surface area contributed by atoms with Gasteiger partial charge in [-0.05, 0) is 6.37 Å². The number of carbonyl (C=O) groups is 1. The average Bonchev–Trinajstić information content (AvgIpc) is 1.60. The largest absolute Gasteiger partial charge is 0.481 e. The highest BCUT2D eigenvalue weighted by Crippen LogP contribution is 1.83. The van der Waals surface area contributed by atoms with Crippen LogP contribution in [0.25, 0.3) is 0 Å². The fraction of sp³-hybridized carbons (Fsp3) is 0.750. The van der Waals surface area contributed by atoms with E-state index in [1.807, 2.05) is 0 Å². The van der Waals surface area contributed by atoms with Crippen LogP contribution in [0, 0.1) is 0 Å². The van der Waals surface area contributed by atoms with E-state index in [9.17, 15) is 4.79 Å². The van der Waals surface area contributed by atoms with Gasteiger partial charge in [-0.3, -0.25) is 4.79 Å². The summed E-state index contributed by atoms with van der Waals surface area (Å²) in [6, 6.07) is 0. The van der Waals surface area contributed by atoms with Gasteiger partial charge in [0.25, 0.3) is 0 Å². The number of carboxylic acid groups (broad SMARTS) is 1. The smallest absolute Gasteiger partial charge is 0.303 e. The van der Waals surface area contributed by atoms with Gasteiger partial charge in [-0.15, -0.1) is 0 Å². The Morgan fingerprint density at radius 2 is 2.43 bits per heavy atom. The van der Waals surface area contributed by atoms with E-state index in [1.165, 1.54) is 0 Å². The van der Waals surface area contributed by atoms with Gasteiger partial charge in [0, 0.05) is 15.7 Å². The Morgan fingerprint density at radius 3 is 2.57 bits per heavy atom. The number of aliphatic hydroxyl groups excluding tert-OH is 1. The number of aliphatic hydroxyl groups is 1. The van der Waals surface area contributed by atoms with Crippen molar-refractivity contribution in [1.29, 1.82) is 0 Å². The van der Waals surface area contributed by atoms with Crippen molar-refractivity contribution in [3.8, 4) is 0 Å². The number of rotatable bonds is 3. The minimum absolute atomic E-state index is 0.850. The highest BCUT2D eigenvalue weighted by atomic mass is 16.4. The zero-order valence-corrected chi connectivity index (χ0v) is 3.59. The highest BCUT2D eigenvalue weighted by molar-refractivity contribution is 5.66. The molecule has 0 bridgehead atoms. The Balaban J connectivity index is 3.99. The van der Waals surface area contributed by atoms with E-state index in [-0.39, 0.29) is 0 Å². The summed E-state index contributed by atoms with van der Waals surface area (Å²) in [7, 11) is 0. The number of aliphatic carboxylic acids is 1. The maximum absolute atomic E-state index is 9.88. The van der Waals surface area contributed by atoms with Crippen LogP contribution in [0.5, 0.6) is 0 Å². The predicted octanol–water partition coefficient (Wildman–Crippen LogP) is -0.157. The van der Waals surface area contributed by atoms with Crippen LogP contribution in [-0.4, -0.2) is 22.8 Å². The van der Waals surface area contributed by atoms with E-state index in [1.54, 1.807) is 0 Å². The number of hydrogen-bond acceptors (Lipinski definition) is 2. The Labute approximate surface area is 45.8 Å². The van der Waals surface area contributed by atoms with Gasteiger partial charge in [-0.1, -0.05) is 0 Å². The van der Waals surface area contributed by atoms with Crippen molar-refractivity contribution < 1.29 is 19.1 Å². The van der Waals surface area contributed by atoms with Crippen LogP contribution in [0.15, 0.2) is 0 Å². The van der Waals surface area contributed by atoms with Crippen LogP contribution in [0.4, 0.5) is 0 Å². The molecule has 3 heteroatoms. The topological polar surface area (TPSA) is 57.5 Å². The van der Waals surface area contributed by atoms with Crippen LogP contribution < -0.4 is 0 Å². The second-order valence-corrected chi connectivity index (χ2v) is 0.904. The zero-order valence-electron chi connectivity index (χ0n) is 6.59. The van der Waals surface area contributed by atoms with Gasteiger partial charge in [0.05, 0.1) is 1.37 Å². The first-order chi connectivity index (χ1) is 4.36. The molecule has 0 aliphatic heterocycles. The van der Waals surface area contributed by atoms with Gasteiger partial charge >= 0.3 is 5.97 Å². The summed E-state index contributed by atoms with van der Waals surface area (Å²) < 4.78 is 20.0. The standard InChI is InChI=1S/C4H8O3/c5-3-1-2-4(6)7/h5H,1-3H2,(H,6,7)/i1D2,3D. The van der Waals surface area contributed by atoms with Crippen LogP contribution in [0.1, 0.15) is 16.9 Å². The van der Waals surface area contributed by atoms with E-state index in [0.717, 1.165) is 0 Å². The summed E-state index contributed by atoms with van der Waals surface area (Å²) in [4.78, 5) is 9.88. The lowest BCUT2D eigenvalue weighted by molar-refractivity contribution is -0.137. The zero-order chi connectivity index (χ0) is 8.36. The molecule has 42 valence electrons. The molecule has 2 N–H and O–H groups in total. The Morgan fingerprint density at radius 1 is 1.86 bits per heavy atom. The molecule has 0 aromatic carbocycles. The SMILES string of the molecule is [2H]C(O)C([2H])([2H])CC(=O)O. The van der Waals surface area contributed by atoms with Gasteiger partial charge in [-0.25, -0.2) is 0 Å². The molecule has 0 radical (unpaired) electrons.